The molecule has 8 nitrogen and oxygen atoms in total. The minimum Gasteiger partial charge on any atom is -0.494 e. The molecule has 3 unspecified atom stereocenters. The van der Waals surface area contributed by atoms with Gasteiger partial charge in [-0.2, -0.15) is 0 Å². The fourth-order valence-electron chi connectivity index (χ4n) is 4.32. The Morgan fingerprint density at radius 2 is 2.10 bits per heavy atom. The first-order chi connectivity index (χ1) is 15.0. The van der Waals surface area contributed by atoms with Crippen molar-refractivity contribution in [2.75, 3.05) is 25.1 Å². The highest BCUT2D eigenvalue weighted by atomic mass is 16.5. The monoisotopic (exact) mass is 434 g/mol. The number of carbonyl (C=O) groups excluding carboxylic acids is 2. The molecule has 1 fully saturated rings. The standard InChI is InChI=1S/C23H34N2O6/c26-15-19(28)14-25(17-4-3-5-18(27)13-17)23(30)6-1-2-11-31-20-8-9-21-16(12-20)7-10-22(29)24-21/h8-9,12,17-19,26-28H,1-7,10-11,13-15H2,(H,24,29). The van der Waals surface area contributed by atoms with E-state index in [-0.39, 0.29) is 24.4 Å². The van der Waals surface area contributed by atoms with Gasteiger partial charge < -0.3 is 30.3 Å². The summed E-state index contributed by atoms with van der Waals surface area (Å²) in [6.07, 6.45) is 4.43. The summed E-state index contributed by atoms with van der Waals surface area (Å²) in [5.74, 6) is 0.732. The minimum absolute atomic E-state index is 0.0362. The molecule has 0 radical (unpaired) electrons. The molecule has 0 aromatic heterocycles. The van der Waals surface area contributed by atoms with Gasteiger partial charge in [-0.3, -0.25) is 9.59 Å². The molecule has 2 amide bonds. The highest BCUT2D eigenvalue weighted by molar-refractivity contribution is 5.94. The fourth-order valence-corrected chi connectivity index (χ4v) is 4.32. The molecule has 8 heteroatoms. The van der Waals surface area contributed by atoms with Crippen LogP contribution in [0.25, 0.3) is 0 Å². The Bertz CT molecular complexity index is 756. The molecular weight excluding hydrogens is 400 g/mol. The fraction of sp³-hybridized carbons (Fsp3) is 0.652. The van der Waals surface area contributed by atoms with E-state index in [1.165, 1.54) is 0 Å². The van der Waals surface area contributed by atoms with E-state index in [0.717, 1.165) is 36.3 Å². The van der Waals surface area contributed by atoms with Crippen molar-refractivity contribution in [2.45, 2.75) is 76.0 Å². The van der Waals surface area contributed by atoms with E-state index in [2.05, 4.69) is 5.32 Å². The highest BCUT2D eigenvalue weighted by Gasteiger charge is 2.29. The summed E-state index contributed by atoms with van der Waals surface area (Å²) in [5, 5.41) is 31.8. The molecule has 3 atom stereocenters. The van der Waals surface area contributed by atoms with Crippen LogP contribution in [0.15, 0.2) is 18.2 Å². The van der Waals surface area contributed by atoms with Gasteiger partial charge in [0.1, 0.15) is 5.75 Å². The molecule has 1 aromatic rings. The first-order valence-electron chi connectivity index (χ1n) is 11.3. The first kappa shape index (κ1) is 23.5. The number of carbonyl (C=O) groups is 2. The molecule has 1 aliphatic carbocycles. The van der Waals surface area contributed by atoms with Gasteiger partial charge >= 0.3 is 0 Å². The third kappa shape index (κ3) is 6.92. The van der Waals surface area contributed by atoms with E-state index in [0.29, 0.717) is 45.1 Å². The van der Waals surface area contributed by atoms with E-state index in [1.54, 1.807) is 4.90 Å². The van der Waals surface area contributed by atoms with Crippen LogP contribution in [0.2, 0.25) is 0 Å². The summed E-state index contributed by atoms with van der Waals surface area (Å²) in [6, 6.07) is 5.55. The van der Waals surface area contributed by atoms with Crippen molar-refractivity contribution < 1.29 is 29.6 Å². The van der Waals surface area contributed by atoms with Gasteiger partial charge in [0.05, 0.1) is 25.4 Å². The molecule has 0 saturated heterocycles. The van der Waals surface area contributed by atoms with Crippen LogP contribution in [-0.2, 0) is 16.0 Å². The van der Waals surface area contributed by atoms with Crippen LogP contribution < -0.4 is 10.1 Å². The number of nitrogens with zero attached hydrogens (tertiary/aromatic N) is 1. The van der Waals surface area contributed by atoms with Gasteiger partial charge in [-0.1, -0.05) is 0 Å². The summed E-state index contributed by atoms with van der Waals surface area (Å²) in [6.45, 7) is 0.187. The number of unbranched alkanes of at least 4 members (excludes halogenated alkanes) is 1. The molecule has 0 spiro atoms. The molecule has 4 N–H and O–H groups in total. The number of aliphatic hydroxyl groups is 3. The summed E-state index contributed by atoms with van der Waals surface area (Å²) < 4.78 is 5.81. The lowest BCUT2D eigenvalue weighted by atomic mass is 9.91. The topological polar surface area (TPSA) is 119 Å². The predicted molar refractivity (Wildman–Crippen MR) is 116 cm³/mol. The molecule has 2 aliphatic rings. The second-order valence-electron chi connectivity index (χ2n) is 8.53. The molecule has 31 heavy (non-hydrogen) atoms. The Morgan fingerprint density at radius 1 is 1.26 bits per heavy atom. The van der Waals surface area contributed by atoms with Crippen LogP contribution in [-0.4, -0.2) is 70.0 Å². The maximum Gasteiger partial charge on any atom is 0.224 e. The average Bonchev–Trinajstić information content (AvgIpc) is 2.76. The lowest BCUT2D eigenvalue weighted by Gasteiger charge is -2.37. The zero-order valence-electron chi connectivity index (χ0n) is 18.0. The van der Waals surface area contributed by atoms with Gasteiger partial charge in [0.25, 0.3) is 0 Å². The van der Waals surface area contributed by atoms with Gasteiger partial charge in [-0.15, -0.1) is 0 Å². The lowest BCUT2D eigenvalue weighted by Crippen LogP contribution is -2.48. The number of ether oxygens (including phenoxy) is 1. The Hall–Kier alpha value is -2.16. The molecule has 3 rings (SSSR count). The molecule has 1 saturated carbocycles. The van der Waals surface area contributed by atoms with E-state index in [4.69, 9.17) is 4.74 Å². The van der Waals surface area contributed by atoms with Crippen LogP contribution in [0.1, 0.15) is 56.9 Å². The van der Waals surface area contributed by atoms with Gasteiger partial charge in [-0.25, -0.2) is 0 Å². The lowest BCUT2D eigenvalue weighted by molar-refractivity contribution is -0.137. The minimum atomic E-state index is -0.972. The first-order valence-corrected chi connectivity index (χ1v) is 11.3. The number of anilines is 1. The SMILES string of the molecule is O=C1CCc2cc(OCCCCC(=O)N(CC(O)CO)C3CCCC(O)C3)ccc2N1. The largest absolute Gasteiger partial charge is 0.494 e. The smallest absolute Gasteiger partial charge is 0.224 e. The average molecular weight is 435 g/mol. The van der Waals surface area contributed by atoms with Crippen LogP contribution >= 0.6 is 0 Å². The van der Waals surface area contributed by atoms with E-state index in [1.807, 2.05) is 18.2 Å². The van der Waals surface area contributed by atoms with E-state index < -0.39 is 18.8 Å². The number of benzene rings is 1. The van der Waals surface area contributed by atoms with Crippen molar-refractivity contribution in [2.24, 2.45) is 0 Å². The predicted octanol–water partition coefficient (Wildman–Crippen LogP) is 1.61. The highest BCUT2D eigenvalue weighted by Crippen LogP contribution is 2.27. The van der Waals surface area contributed by atoms with Crippen molar-refractivity contribution in [1.29, 1.82) is 0 Å². The number of aliphatic hydroxyl groups excluding tert-OH is 3. The van der Waals surface area contributed by atoms with Crippen molar-refractivity contribution in [3.05, 3.63) is 23.8 Å². The molecule has 0 bridgehead atoms. The van der Waals surface area contributed by atoms with Gasteiger partial charge in [0.2, 0.25) is 11.8 Å². The normalized spacial score (nSPS) is 21.7. The van der Waals surface area contributed by atoms with Crippen molar-refractivity contribution in [3.8, 4) is 5.75 Å². The number of hydrogen-bond donors (Lipinski definition) is 4. The second-order valence-corrected chi connectivity index (χ2v) is 8.53. The molecular formula is C23H34N2O6. The molecule has 172 valence electrons. The third-order valence-electron chi connectivity index (χ3n) is 6.02. The Morgan fingerprint density at radius 3 is 2.87 bits per heavy atom. The number of nitrogens with one attached hydrogen (secondary N) is 1. The summed E-state index contributed by atoms with van der Waals surface area (Å²) >= 11 is 0. The molecule has 1 heterocycles. The van der Waals surface area contributed by atoms with Crippen LogP contribution in [0.5, 0.6) is 5.75 Å². The Balaban J connectivity index is 1.43. The summed E-state index contributed by atoms with van der Waals surface area (Å²) in [7, 11) is 0. The van der Waals surface area contributed by atoms with Crippen molar-refractivity contribution in [1.82, 2.24) is 4.90 Å². The quantitative estimate of drug-likeness (QED) is 0.416. The number of hydrogen-bond acceptors (Lipinski definition) is 6. The second kappa shape index (κ2) is 11.5. The maximum absolute atomic E-state index is 12.8. The Kier molecular flexibility index (Phi) is 8.69. The zero-order valence-corrected chi connectivity index (χ0v) is 18.0. The van der Waals surface area contributed by atoms with Crippen LogP contribution in [0.4, 0.5) is 5.69 Å². The van der Waals surface area contributed by atoms with Gasteiger partial charge in [0, 0.05) is 31.1 Å². The van der Waals surface area contributed by atoms with Gasteiger partial charge in [0.15, 0.2) is 0 Å². The molecule has 1 aromatic carbocycles. The van der Waals surface area contributed by atoms with Crippen LogP contribution in [0.3, 0.4) is 0 Å². The number of fused-ring (bicyclic) bond motifs is 1. The molecule has 1 aliphatic heterocycles. The van der Waals surface area contributed by atoms with E-state index in [9.17, 15) is 24.9 Å². The number of rotatable bonds is 10. The summed E-state index contributed by atoms with van der Waals surface area (Å²) in [4.78, 5) is 25.9. The summed E-state index contributed by atoms with van der Waals surface area (Å²) in [5.41, 5.74) is 1.91. The number of amides is 2. The number of aryl methyl sites for hydroxylation is 1. The van der Waals surface area contributed by atoms with E-state index >= 15 is 0 Å². The maximum atomic E-state index is 12.8. The van der Waals surface area contributed by atoms with Crippen molar-refractivity contribution >= 4 is 17.5 Å². The van der Waals surface area contributed by atoms with Crippen molar-refractivity contribution in [3.63, 3.8) is 0 Å². The van der Waals surface area contributed by atoms with Gasteiger partial charge in [-0.05, 0) is 68.7 Å². The Labute approximate surface area is 183 Å². The third-order valence-corrected chi connectivity index (χ3v) is 6.02. The van der Waals surface area contributed by atoms with Crippen LogP contribution in [0, 0.1) is 0 Å². The zero-order chi connectivity index (χ0) is 22.2.